The highest BCUT2D eigenvalue weighted by Gasteiger charge is 2.24. The molecule has 29 heavy (non-hydrogen) atoms. The minimum atomic E-state index is -0.262. The number of ether oxygens (including phenoxy) is 1. The molecule has 0 saturated carbocycles. The van der Waals surface area contributed by atoms with Gasteiger partial charge in [-0.3, -0.25) is 4.79 Å². The van der Waals surface area contributed by atoms with Crippen molar-refractivity contribution in [3.8, 4) is 11.5 Å². The lowest BCUT2D eigenvalue weighted by molar-refractivity contribution is -0.121. The number of likely N-dealkylation sites (N-methyl/N-ethyl adjacent to an activating group) is 1. The molecule has 2 aromatic rings. The molecule has 1 amide bonds. The summed E-state index contributed by atoms with van der Waals surface area (Å²) in [6, 6.07) is 5.81. The highest BCUT2D eigenvalue weighted by Crippen LogP contribution is 2.30. The molecule has 3 rings (SSSR count). The molecule has 0 spiro atoms. The van der Waals surface area contributed by atoms with E-state index in [4.69, 9.17) is 14.7 Å². The molecular formula is C22H31N5O2. The van der Waals surface area contributed by atoms with Gasteiger partial charge in [-0.25, -0.2) is 15.0 Å². The fraction of sp³-hybridized carbons (Fsp3) is 0.545. The van der Waals surface area contributed by atoms with Crippen molar-refractivity contribution in [1.29, 1.82) is 0 Å². The van der Waals surface area contributed by atoms with E-state index in [0.29, 0.717) is 19.0 Å². The van der Waals surface area contributed by atoms with Gasteiger partial charge in [0.1, 0.15) is 11.5 Å². The summed E-state index contributed by atoms with van der Waals surface area (Å²) in [7, 11) is 1.91. The second kappa shape index (κ2) is 8.86. The van der Waals surface area contributed by atoms with Crippen molar-refractivity contribution in [2.75, 3.05) is 25.1 Å². The van der Waals surface area contributed by atoms with E-state index in [9.17, 15) is 4.79 Å². The molecule has 0 atom stereocenters. The maximum atomic E-state index is 12.4. The predicted molar refractivity (Wildman–Crippen MR) is 114 cm³/mol. The van der Waals surface area contributed by atoms with Gasteiger partial charge in [-0.1, -0.05) is 6.07 Å². The van der Waals surface area contributed by atoms with Gasteiger partial charge in [0, 0.05) is 30.5 Å². The number of nitrogens with one attached hydrogen (secondary N) is 1. The number of carbonyl (C=O) groups is 1. The summed E-state index contributed by atoms with van der Waals surface area (Å²) >= 11 is 0. The normalized spacial score (nSPS) is 13.3. The molecule has 1 N–H and O–H groups in total. The third-order valence-electron chi connectivity index (χ3n) is 4.66. The van der Waals surface area contributed by atoms with Crippen LogP contribution >= 0.6 is 0 Å². The first-order valence-electron chi connectivity index (χ1n) is 10.2. The Morgan fingerprint density at radius 2 is 2.00 bits per heavy atom. The lowest BCUT2D eigenvalue weighted by Crippen LogP contribution is -2.45. The lowest BCUT2D eigenvalue weighted by atomic mass is 10.1. The van der Waals surface area contributed by atoms with Crippen LogP contribution in [-0.2, 0) is 29.0 Å². The summed E-state index contributed by atoms with van der Waals surface area (Å²) in [5, 5.41) is 3.01. The van der Waals surface area contributed by atoms with Crippen molar-refractivity contribution in [3.63, 3.8) is 0 Å². The Morgan fingerprint density at radius 3 is 2.72 bits per heavy atom. The molecule has 1 aliphatic carbocycles. The van der Waals surface area contributed by atoms with Gasteiger partial charge in [0.15, 0.2) is 5.82 Å². The number of amides is 1. The maximum absolute atomic E-state index is 12.4. The van der Waals surface area contributed by atoms with Crippen LogP contribution in [0.2, 0.25) is 0 Å². The zero-order valence-corrected chi connectivity index (χ0v) is 18.1. The van der Waals surface area contributed by atoms with Gasteiger partial charge in [0.25, 0.3) is 0 Å². The summed E-state index contributed by atoms with van der Waals surface area (Å²) in [6.45, 7) is 9.26. The van der Waals surface area contributed by atoms with Gasteiger partial charge in [0.2, 0.25) is 5.91 Å². The Kier molecular flexibility index (Phi) is 6.47. The number of aromatic nitrogens is 3. The molecule has 156 valence electrons. The fourth-order valence-electron chi connectivity index (χ4n) is 3.48. The van der Waals surface area contributed by atoms with Crippen LogP contribution in [0.3, 0.4) is 0 Å². The maximum Gasteiger partial charge on any atom is 0.239 e. The average Bonchev–Trinajstić information content (AvgIpc) is 3.12. The van der Waals surface area contributed by atoms with E-state index < -0.39 is 0 Å². The highest BCUT2D eigenvalue weighted by molar-refractivity contribution is 5.82. The average molecular weight is 398 g/mol. The van der Waals surface area contributed by atoms with E-state index in [2.05, 4.69) is 10.3 Å². The van der Waals surface area contributed by atoms with Gasteiger partial charge in [-0.2, -0.15) is 0 Å². The molecule has 2 aromatic heterocycles. The van der Waals surface area contributed by atoms with Gasteiger partial charge >= 0.3 is 0 Å². The van der Waals surface area contributed by atoms with Crippen LogP contribution in [-0.4, -0.2) is 46.6 Å². The molecule has 0 fully saturated rings. The summed E-state index contributed by atoms with van der Waals surface area (Å²) in [4.78, 5) is 28.6. The molecular weight excluding hydrogens is 366 g/mol. The van der Waals surface area contributed by atoms with Crippen molar-refractivity contribution in [2.45, 2.75) is 59.1 Å². The van der Waals surface area contributed by atoms with Crippen molar-refractivity contribution in [3.05, 3.63) is 35.2 Å². The summed E-state index contributed by atoms with van der Waals surface area (Å²) < 4.78 is 5.47. The zero-order chi connectivity index (χ0) is 21.0. The largest absolute Gasteiger partial charge is 0.375 e. The minimum absolute atomic E-state index is 0.0243. The van der Waals surface area contributed by atoms with Crippen molar-refractivity contribution >= 4 is 11.7 Å². The van der Waals surface area contributed by atoms with Crippen LogP contribution in [0.4, 0.5) is 5.82 Å². The molecule has 0 saturated heterocycles. The van der Waals surface area contributed by atoms with Gasteiger partial charge in [-0.05, 0) is 59.1 Å². The Labute approximate surface area is 172 Å². The van der Waals surface area contributed by atoms with Crippen molar-refractivity contribution in [2.24, 2.45) is 0 Å². The molecule has 0 unspecified atom stereocenters. The predicted octanol–water partition coefficient (Wildman–Crippen LogP) is 2.91. The Hall–Kier alpha value is -2.54. The number of pyridine rings is 1. The number of rotatable bonds is 7. The van der Waals surface area contributed by atoms with E-state index in [-0.39, 0.29) is 18.0 Å². The van der Waals surface area contributed by atoms with Crippen LogP contribution in [0.15, 0.2) is 18.2 Å². The lowest BCUT2D eigenvalue weighted by Gasteiger charge is -2.25. The van der Waals surface area contributed by atoms with Crippen LogP contribution in [0.5, 0.6) is 0 Å². The zero-order valence-electron chi connectivity index (χ0n) is 18.1. The second-order valence-electron chi connectivity index (χ2n) is 8.46. The van der Waals surface area contributed by atoms with Gasteiger partial charge in [0.05, 0.1) is 18.8 Å². The standard InChI is InChI=1S/C22H31N5O2/c1-6-29-14-15-9-7-12-18(23-15)20-24-17-11-8-10-16(17)21(25-20)27(5)13-19(28)26-22(2,3)4/h7,9,12H,6,8,10-11,13-14H2,1-5H3,(H,26,28). The van der Waals surface area contributed by atoms with E-state index in [1.807, 2.05) is 57.8 Å². The Bertz CT molecular complexity index is 876. The first kappa shape index (κ1) is 21.2. The van der Waals surface area contributed by atoms with Crippen LogP contribution in [0.1, 0.15) is 51.1 Å². The quantitative estimate of drug-likeness (QED) is 0.774. The van der Waals surface area contributed by atoms with Crippen LogP contribution in [0, 0.1) is 0 Å². The van der Waals surface area contributed by atoms with Crippen LogP contribution < -0.4 is 10.2 Å². The molecule has 0 radical (unpaired) electrons. The number of fused-ring (bicyclic) bond motifs is 1. The van der Waals surface area contributed by atoms with E-state index >= 15 is 0 Å². The summed E-state index contributed by atoms with van der Waals surface area (Å²) in [6.07, 6.45) is 2.92. The number of hydrogen-bond donors (Lipinski definition) is 1. The Balaban J connectivity index is 1.89. The first-order chi connectivity index (χ1) is 13.8. The first-order valence-corrected chi connectivity index (χ1v) is 10.2. The monoisotopic (exact) mass is 397 g/mol. The van der Waals surface area contributed by atoms with Gasteiger partial charge in [-0.15, -0.1) is 0 Å². The van der Waals surface area contributed by atoms with E-state index in [1.54, 1.807) is 0 Å². The molecule has 0 bridgehead atoms. The number of carbonyl (C=O) groups excluding carboxylic acids is 1. The number of hydrogen-bond acceptors (Lipinski definition) is 6. The molecule has 0 aromatic carbocycles. The molecule has 2 heterocycles. The molecule has 7 nitrogen and oxygen atoms in total. The van der Waals surface area contributed by atoms with Crippen molar-refractivity contribution < 1.29 is 9.53 Å². The highest BCUT2D eigenvalue weighted by atomic mass is 16.5. The SMILES string of the molecule is CCOCc1cccc(-c2nc3c(c(N(C)CC(=O)NC(C)(C)C)n2)CCC3)n1. The van der Waals surface area contributed by atoms with Crippen LogP contribution in [0.25, 0.3) is 11.5 Å². The number of aryl methyl sites for hydroxylation is 1. The third kappa shape index (κ3) is 5.50. The number of nitrogens with zero attached hydrogens (tertiary/aromatic N) is 4. The van der Waals surface area contributed by atoms with E-state index in [0.717, 1.165) is 47.7 Å². The summed E-state index contributed by atoms with van der Waals surface area (Å²) in [5.74, 6) is 1.40. The second-order valence-corrected chi connectivity index (χ2v) is 8.46. The molecule has 0 aliphatic heterocycles. The third-order valence-corrected chi connectivity index (χ3v) is 4.66. The van der Waals surface area contributed by atoms with Gasteiger partial charge < -0.3 is 15.0 Å². The minimum Gasteiger partial charge on any atom is -0.375 e. The fourth-order valence-corrected chi connectivity index (χ4v) is 3.48. The molecule has 1 aliphatic rings. The topological polar surface area (TPSA) is 80.2 Å². The Morgan fingerprint density at radius 1 is 1.21 bits per heavy atom. The summed E-state index contributed by atoms with van der Waals surface area (Å²) in [5.41, 5.74) is 3.52. The number of anilines is 1. The molecule has 7 heteroatoms. The smallest absolute Gasteiger partial charge is 0.239 e. The van der Waals surface area contributed by atoms with Crippen molar-refractivity contribution in [1.82, 2.24) is 20.3 Å². The van der Waals surface area contributed by atoms with E-state index in [1.165, 1.54) is 0 Å².